The SMILES string of the molecule is FC(F)c1cnccn1. The third-order valence-electron chi connectivity index (χ3n) is 0.807. The van der Waals surface area contributed by atoms with Crippen LogP contribution in [0.3, 0.4) is 0 Å². The molecule has 0 aromatic carbocycles. The van der Waals surface area contributed by atoms with Gasteiger partial charge in [0.05, 0.1) is 6.20 Å². The molecule has 0 radical (unpaired) electrons. The van der Waals surface area contributed by atoms with Gasteiger partial charge in [0.1, 0.15) is 5.69 Å². The Balaban J connectivity index is 2.85. The first kappa shape index (κ1) is 6.07. The molecule has 1 aromatic heterocycles. The second-order valence-corrected chi connectivity index (χ2v) is 1.43. The van der Waals surface area contributed by atoms with Gasteiger partial charge < -0.3 is 0 Å². The van der Waals surface area contributed by atoms with E-state index in [2.05, 4.69) is 9.97 Å². The monoisotopic (exact) mass is 130 g/mol. The summed E-state index contributed by atoms with van der Waals surface area (Å²) in [6.45, 7) is 0. The lowest BCUT2D eigenvalue weighted by atomic mass is 10.5. The molecule has 2 nitrogen and oxygen atoms in total. The fraction of sp³-hybridized carbons (Fsp3) is 0.200. The smallest absolute Gasteiger partial charge is 0.261 e. The van der Waals surface area contributed by atoms with Crippen LogP contribution in [-0.4, -0.2) is 9.97 Å². The van der Waals surface area contributed by atoms with E-state index >= 15 is 0 Å². The van der Waals surface area contributed by atoms with Crippen LogP contribution < -0.4 is 0 Å². The summed E-state index contributed by atoms with van der Waals surface area (Å²) in [5.74, 6) is 0. The molecule has 0 amide bonds. The summed E-state index contributed by atoms with van der Waals surface area (Å²) in [5.41, 5.74) is -0.280. The molecule has 0 saturated carbocycles. The van der Waals surface area contributed by atoms with Crippen molar-refractivity contribution in [1.82, 2.24) is 9.97 Å². The normalized spacial score (nSPS) is 10.1. The quantitative estimate of drug-likeness (QED) is 0.574. The molecule has 0 bridgehead atoms. The highest BCUT2D eigenvalue weighted by atomic mass is 19.3. The number of aromatic nitrogens is 2. The van der Waals surface area contributed by atoms with Crippen LogP contribution >= 0.6 is 0 Å². The van der Waals surface area contributed by atoms with E-state index in [1.54, 1.807) is 0 Å². The topological polar surface area (TPSA) is 25.8 Å². The van der Waals surface area contributed by atoms with E-state index in [0.717, 1.165) is 6.20 Å². The predicted molar refractivity (Wildman–Crippen MR) is 27.0 cm³/mol. The van der Waals surface area contributed by atoms with Crippen molar-refractivity contribution in [3.63, 3.8) is 0 Å². The van der Waals surface area contributed by atoms with E-state index in [0.29, 0.717) is 0 Å². The third-order valence-corrected chi connectivity index (χ3v) is 0.807. The van der Waals surface area contributed by atoms with E-state index in [1.165, 1.54) is 12.4 Å². The summed E-state index contributed by atoms with van der Waals surface area (Å²) in [4.78, 5) is 6.83. The highest BCUT2D eigenvalue weighted by Gasteiger charge is 2.05. The van der Waals surface area contributed by atoms with Crippen molar-refractivity contribution in [2.24, 2.45) is 0 Å². The molecule has 48 valence electrons. The Bertz CT molecular complexity index is 176. The molecule has 0 N–H and O–H groups in total. The highest BCUT2D eigenvalue weighted by Crippen LogP contribution is 2.12. The number of alkyl halides is 2. The zero-order valence-corrected chi connectivity index (χ0v) is 4.46. The lowest BCUT2D eigenvalue weighted by Crippen LogP contribution is -1.88. The van der Waals surface area contributed by atoms with Gasteiger partial charge in [-0.3, -0.25) is 9.97 Å². The van der Waals surface area contributed by atoms with Crippen LogP contribution in [0.15, 0.2) is 18.6 Å². The van der Waals surface area contributed by atoms with Crippen molar-refractivity contribution in [2.75, 3.05) is 0 Å². The summed E-state index contributed by atoms with van der Waals surface area (Å²) in [7, 11) is 0. The van der Waals surface area contributed by atoms with Crippen LogP contribution in [0.1, 0.15) is 12.1 Å². The molecule has 0 unspecified atom stereocenters. The molecule has 0 spiro atoms. The lowest BCUT2D eigenvalue weighted by Gasteiger charge is -1.92. The van der Waals surface area contributed by atoms with E-state index in [9.17, 15) is 8.78 Å². The third kappa shape index (κ3) is 1.42. The average Bonchev–Trinajstić information content (AvgIpc) is 1.90. The van der Waals surface area contributed by atoms with Crippen LogP contribution in [0.2, 0.25) is 0 Å². The van der Waals surface area contributed by atoms with Gasteiger partial charge in [0.25, 0.3) is 6.43 Å². The Morgan fingerprint density at radius 3 is 2.44 bits per heavy atom. The number of halogens is 2. The van der Waals surface area contributed by atoms with Crippen molar-refractivity contribution in [3.8, 4) is 0 Å². The molecule has 0 atom stereocenters. The van der Waals surface area contributed by atoms with Gasteiger partial charge >= 0.3 is 0 Å². The Kier molecular flexibility index (Phi) is 1.67. The first-order valence-electron chi connectivity index (χ1n) is 2.35. The summed E-state index contributed by atoms with van der Waals surface area (Å²) in [6, 6.07) is 0. The molecule has 1 heterocycles. The van der Waals surface area contributed by atoms with Crippen LogP contribution in [0.4, 0.5) is 8.78 Å². The summed E-state index contributed by atoms with van der Waals surface area (Å²) >= 11 is 0. The van der Waals surface area contributed by atoms with Crippen LogP contribution in [0.25, 0.3) is 0 Å². The van der Waals surface area contributed by atoms with Crippen LogP contribution in [-0.2, 0) is 0 Å². The van der Waals surface area contributed by atoms with E-state index in [1.807, 2.05) is 0 Å². The Morgan fingerprint density at radius 2 is 2.11 bits per heavy atom. The Labute approximate surface area is 50.6 Å². The van der Waals surface area contributed by atoms with Crippen molar-refractivity contribution in [2.45, 2.75) is 6.43 Å². The first-order chi connectivity index (χ1) is 4.30. The molecule has 0 aliphatic heterocycles. The van der Waals surface area contributed by atoms with E-state index < -0.39 is 6.43 Å². The largest absolute Gasteiger partial charge is 0.281 e. The van der Waals surface area contributed by atoms with E-state index in [-0.39, 0.29) is 5.69 Å². The summed E-state index contributed by atoms with van der Waals surface area (Å²) in [5, 5.41) is 0. The summed E-state index contributed by atoms with van der Waals surface area (Å²) < 4.78 is 23.3. The molecular weight excluding hydrogens is 126 g/mol. The maximum atomic E-state index is 11.7. The Morgan fingerprint density at radius 1 is 1.33 bits per heavy atom. The minimum absolute atomic E-state index is 0.280. The average molecular weight is 130 g/mol. The van der Waals surface area contributed by atoms with Gasteiger partial charge in [-0.2, -0.15) is 0 Å². The summed E-state index contributed by atoms with van der Waals surface area (Å²) in [6.07, 6.45) is 1.12. The second kappa shape index (κ2) is 2.48. The molecular formula is C5H4F2N2. The van der Waals surface area contributed by atoms with Gasteiger partial charge in [-0.15, -0.1) is 0 Å². The van der Waals surface area contributed by atoms with Crippen LogP contribution in [0.5, 0.6) is 0 Å². The molecule has 1 rings (SSSR count). The highest BCUT2D eigenvalue weighted by molar-refractivity contribution is 4.95. The molecule has 0 fully saturated rings. The maximum Gasteiger partial charge on any atom is 0.281 e. The van der Waals surface area contributed by atoms with Gasteiger partial charge in [0, 0.05) is 12.4 Å². The fourth-order valence-corrected chi connectivity index (χ4v) is 0.423. The van der Waals surface area contributed by atoms with Gasteiger partial charge in [0.15, 0.2) is 0 Å². The molecule has 1 aromatic rings. The van der Waals surface area contributed by atoms with Crippen molar-refractivity contribution in [1.29, 1.82) is 0 Å². The van der Waals surface area contributed by atoms with Crippen molar-refractivity contribution in [3.05, 3.63) is 24.3 Å². The van der Waals surface area contributed by atoms with E-state index in [4.69, 9.17) is 0 Å². The van der Waals surface area contributed by atoms with Gasteiger partial charge in [-0.25, -0.2) is 8.78 Å². The predicted octanol–water partition coefficient (Wildman–Crippen LogP) is 1.41. The standard InChI is InChI=1S/C5H4F2N2/c6-5(7)4-3-8-1-2-9-4/h1-3,5H. The van der Waals surface area contributed by atoms with Crippen molar-refractivity contribution < 1.29 is 8.78 Å². The Hall–Kier alpha value is -1.06. The van der Waals surface area contributed by atoms with Crippen molar-refractivity contribution >= 4 is 0 Å². The number of nitrogens with zero attached hydrogens (tertiary/aromatic N) is 2. The number of hydrogen-bond donors (Lipinski definition) is 0. The lowest BCUT2D eigenvalue weighted by molar-refractivity contribution is 0.145. The zero-order chi connectivity index (χ0) is 6.69. The van der Waals surface area contributed by atoms with Gasteiger partial charge in [0.2, 0.25) is 0 Å². The minimum Gasteiger partial charge on any atom is -0.261 e. The number of rotatable bonds is 1. The van der Waals surface area contributed by atoms with Crippen LogP contribution in [0, 0.1) is 0 Å². The molecule has 0 aliphatic rings. The van der Waals surface area contributed by atoms with Gasteiger partial charge in [-0.1, -0.05) is 0 Å². The molecule has 4 heteroatoms. The first-order valence-corrected chi connectivity index (χ1v) is 2.35. The molecule has 0 saturated heterocycles. The number of hydrogen-bond acceptors (Lipinski definition) is 2. The molecule has 9 heavy (non-hydrogen) atoms. The second-order valence-electron chi connectivity index (χ2n) is 1.43. The fourth-order valence-electron chi connectivity index (χ4n) is 0.423. The minimum atomic E-state index is -2.52. The van der Waals surface area contributed by atoms with Gasteiger partial charge in [-0.05, 0) is 0 Å². The maximum absolute atomic E-state index is 11.7. The zero-order valence-electron chi connectivity index (χ0n) is 4.46. The molecule has 0 aliphatic carbocycles.